The molecule has 4 heteroatoms. The van der Waals surface area contributed by atoms with E-state index >= 15 is 0 Å². The third kappa shape index (κ3) is 2.68. The summed E-state index contributed by atoms with van der Waals surface area (Å²) in [6, 6.07) is 10.6. The molecule has 0 aliphatic heterocycles. The van der Waals surface area contributed by atoms with Gasteiger partial charge in [0.05, 0.1) is 12.2 Å². The third-order valence-electron chi connectivity index (χ3n) is 4.04. The number of anilines is 1. The van der Waals surface area contributed by atoms with Crippen LogP contribution in [0.25, 0.3) is 0 Å². The lowest BCUT2D eigenvalue weighted by Gasteiger charge is -2.23. The van der Waals surface area contributed by atoms with E-state index in [0.717, 1.165) is 24.8 Å². The number of nitrogen functional groups attached to an aromatic ring is 1. The summed E-state index contributed by atoms with van der Waals surface area (Å²) in [5.41, 5.74) is 9.15. The average molecular weight is 301 g/mol. The Labute approximate surface area is 128 Å². The first kappa shape index (κ1) is 14.1. The maximum absolute atomic E-state index is 12.1. The van der Waals surface area contributed by atoms with Gasteiger partial charge in [-0.3, -0.25) is 0 Å². The molecule has 1 aliphatic rings. The molecule has 0 radical (unpaired) electrons. The van der Waals surface area contributed by atoms with Crippen LogP contribution in [0.4, 0.5) is 5.00 Å². The molecule has 1 aromatic carbocycles. The number of benzene rings is 1. The first-order valence-corrected chi connectivity index (χ1v) is 8.14. The van der Waals surface area contributed by atoms with Crippen molar-refractivity contribution in [3.8, 4) is 0 Å². The van der Waals surface area contributed by atoms with Crippen LogP contribution in [0.3, 0.4) is 0 Å². The second-order valence-electron chi connectivity index (χ2n) is 5.31. The van der Waals surface area contributed by atoms with Crippen molar-refractivity contribution in [1.82, 2.24) is 0 Å². The van der Waals surface area contributed by atoms with E-state index in [1.807, 2.05) is 13.0 Å². The van der Waals surface area contributed by atoms with E-state index in [-0.39, 0.29) is 5.97 Å². The molecule has 0 amide bonds. The van der Waals surface area contributed by atoms with Gasteiger partial charge < -0.3 is 10.5 Å². The van der Waals surface area contributed by atoms with Crippen LogP contribution >= 0.6 is 11.3 Å². The lowest BCUT2D eigenvalue weighted by molar-refractivity contribution is 0.0526. The van der Waals surface area contributed by atoms with Crippen LogP contribution in [-0.2, 0) is 17.6 Å². The monoisotopic (exact) mass is 301 g/mol. The van der Waals surface area contributed by atoms with Gasteiger partial charge in [0.2, 0.25) is 0 Å². The van der Waals surface area contributed by atoms with E-state index in [1.165, 1.54) is 10.4 Å². The molecular weight excluding hydrogens is 282 g/mol. The van der Waals surface area contributed by atoms with Crippen molar-refractivity contribution < 1.29 is 9.53 Å². The molecule has 0 bridgehead atoms. The molecule has 3 rings (SSSR count). The first-order valence-electron chi connectivity index (χ1n) is 7.32. The summed E-state index contributed by atoms with van der Waals surface area (Å²) < 4.78 is 5.13. The highest BCUT2D eigenvalue weighted by Crippen LogP contribution is 2.41. The van der Waals surface area contributed by atoms with E-state index in [0.29, 0.717) is 23.1 Å². The predicted molar refractivity (Wildman–Crippen MR) is 85.9 cm³/mol. The van der Waals surface area contributed by atoms with Crippen LogP contribution in [0.2, 0.25) is 0 Å². The van der Waals surface area contributed by atoms with Gasteiger partial charge >= 0.3 is 5.97 Å². The Morgan fingerprint density at radius 3 is 2.86 bits per heavy atom. The smallest absolute Gasteiger partial charge is 0.341 e. The summed E-state index contributed by atoms with van der Waals surface area (Å²) in [6.45, 7) is 2.20. The number of thiophene rings is 1. The molecule has 3 nitrogen and oxygen atoms in total. The van der Waals surface area contributed by atoms with Gasteiger partial charge in [0.15, 0.2) is 0 Å². The number of esters is 1. The number of ether oxygens (including phenoxy) is 1. The number of carbonyl (C=O) groups excluding carboxylic acids is 1. The Bertz CT molecular complexity index is 648. The summed E-state index contributed by atoms with van der Waals surface area (Å²) >= 11 is 1.55. The molecule has 0 spiro atoms. The largest absolute Gasteiger partial charge is 0.462 e. The van der Waals surface area contributed by atoms with E-state index in [1.54, 1.807) is 11.3 Å². The van der Waals surface area contributed by atoms with Gasteiger partial charge in [-0.25, -0.2) is 4.79 Å². The van der Waals surface area contributed by atoms with Crippen LogP contribution < -0.4 is 5.73 Å². The topological polar surface area (TPSA) is 52.3 Å². The molecule has 0 saturated carbocycles. The Morgan fingerprint density at radius 1 is 1.38 bits per heavy atom. The maximum Gasteiger partial charge on any atom is 0.341 e. The third-order valence-corrected chi connectivity index (χ3v) is 5.13. The fourth-order valence-electron chi connectivity index (χ4n) is 3.04. The molecule has 1 heterocycles. The quantitative estimate of drug-likeness (QED) is 0.878. The Hall–Kier alpha value is -1.81. The van der Waals surface area contributed by atoms with Crippen molar-refractivity contribution in [3.63, 3.8) is 0 Å². The van der Waals surface area contributed by atoms with Crippen molar-refractivity contribution in [2.24, 2.45) is 0 Å². The van der Waals surface area contributed by atoms with Crippen molar-refractivity contribution in [1.29, 1.82) is 0 Å². The molecule has 0 fully saturated rings. The Balaban J connectivity index is 1.88. The minimum atomic E-state index is -0.273. The average Bonchev–Trinajstić information content (AvgIpc) is 2.83. The molecule has 1 atom stereocenters. The minimum absolute atomic E-state index is 0.273. The standard InChI is InChI=1S/C17H19NO2S/c1-2-20-17(19)15-13-9-8-12(10-14(13)21-16(15)18)11-6-4-3-5-7-11/h3-7,12H,2,8-10,18H2,1H3/t12-/m0/s1. The minimum Gasteiger partial charge on any atom is -0.462 e. The maximum atomic E-state index is 12.1. The van der Waals surface area contributed by atoms with Crippen LogP contribution in [0, 0.1) is 0 Å². The van der Waals surface area contributed by atoms with Gasteiger partial charge in [-0.2, -0.15) is 0 Å². The van der Waals surface area contributed by atoms with Crippen molar-refractivity contribution in [3.05, 3.63) is 51.9 Å². The van der Waals surface area contributed by atoms with Crippen molar-refractivity contribution in [2.75, 3.05) is 12.3 Å². The van der Waals surface area contributed by atoms with Crippen molar-refractivity contribution in [2.45, 2.75) is 32.1 Å². The molecule has 21 heavy (non-hydrogen) atoms. The van der Waals surface area contributed by atoms with Crippen LogP contribution in [0.5, 0.6) is 0 Å². The Kier molecular flexibility index (Phi) is 3.97. The highest BCUT2D eigenvalue weighted by atomic mass is 32.1. The predicted octanol–water partition coefficient (Wildman–Crippen LogP) is 3.78. The van der Waals surface area contributed by atoms with E-state index in [4.69, 9.17) is 10.5 Å². The number of fused-ring (bicyclic) bond motifs is 1. The molecule has 1 aromatic heterocycles. The first-order chi connectivity index (χ1) is 10.2. The van der Waals surface area contributed by atoms with Gasteiger partial charge in [0.1, 0.15) is 5.00 Å². The summed E-state index contributed by atoms with van der Waals surface area (Å²) in [6.07, 6.45) is 2.92. The zero-order valence-electron chi connectivity index (χ0n) is 12.1. The number of hydrogen-bond donors (Lipinski definition) is 1. The van der Waals surface area contributed by atoms with Crippen LogP contribution in [-0.4, -0.2) is 12.6 Å². The second kappa shape index (κ2) is 5.90. The molecule has 0 unspecified atom stereocenters. The summed E-state index contributed by atoms with van der Waals surface area (Å²) in [7, 11) is 0. The second-order valence-corrected chi connectivity index (χ2v) is 6.45. The van der Waals surface area contributed by atoms with Gasteiger partial charge in [-0.15, -0.1) is 11.3 Å². The molecule has 0 saturated heterocycles. The van der Waals surface area contributed by atoms with Gasteiger partial charge in [0.25, 0.3) is 0 Å². The molecule has 2 N–H and O–H groups in total. The number of nitrogens with two attached hydrogens (primary N) is 1. The zero-order valence-corrected chi connectivity index (χ0v) is 12.9. The SMILES string of the molecule is CCOC(=O)c1c(N)sc2c1CC[C@H](c1ccccc1)C2. The molecular formula is C17H19NO2S. The molecule has 2 aromatic rings. The fourth-order valence-corrected chi connectivity index (χ4v) is 4.23. The highest BCUT2D eigenvalue weighted by molar-refractivity contribution is 7.16. The number of hydrogen-bond acceptors (Lipinski definition) is 4. The van der Waals surface area contributed by atoms with Crippen molar-refractivity contribution >= 4 is 22.3 Å². The molecule has 110 valence electrons. The van der Waals surface area contributed by atoms with Crippen LogP contribution in [0.1, 0.15) is 45.6 Å². The van der Waals surface area contributed by atoms with E-state index < -0.39 is 0 Å². The highest BCUT2D eigenvalue weighted by Gasteiger charge is 2.29. The summed E-state index contributed by atoms with van der Waals surface area (Å²) in [5.74, 6) is 0.248. The van der Waals surface area contributed by atoms with Gasteiger partial charge in [0, 0.05) is 4.88 Å². The molecule has 1 aliphatic carbocycles. The van der Waals surface area contributed by atoms with E-state index in [9.17, 15) is 4.79 Å². The Morgan fingerprint density at radius 2 is 2.14 bits per heavy atom. The normalized spacial score (nSPS) is 17.3. The zero-order chi connectivity index (χ0) is 14.8. The fraction of sp³-hybridized carbons (Fsp3) is 0.353. The number of carbonyl (C=O) groups is 1. The van der Waals surface area contributed by atoms with Gasteiger partial charge in [-0.1, -0.05) is 30.3 Å². The van der Waals surface area contributed by atoms with E-state index in [2.05, 4.69) is 24.3 Å². The number of rotatable bonds is 3. The summed E-state index contributed by atoms with van der Waals surface area (Å²) in [4.78, 5) is 13.3. The summed E-state index contributed by atoms with van der Waals surface area (Å²) in [5, 5.41) is 0.604. The van der Waals surface area contributed by atoms with Crippen LogP contribution in [0.15, 0.2) is 30.3 Å². The lowest BCUT2D eigenvalue weighted by atomic mass is 9.83. The van der Waals surface area contributed by atoms with Gasteiger partial charge in [-0.05, 0) is 43.2 Å². The lowest BCUT2D eigenvalue weighted by Crippen LogP contribution is -2.14.